The molecule has 4 heteroatoms. The Morgan fingerprint density at radius 2 is 2.14 bits per heavy atom. The smallest absolute Gasteiger partial charge is 0.170 e. The monoisotopic (exact) mass is 194 g/mol. The zero-order valence-corrected chi connectivity index (χ0v) is 8.28. The number of nitrogens with two attached hydrogens (primary N) is 1. The van der Waals surface area contributed by atoms with Gasteiger partial charge in [0.05, 0.1) is 0 Å². The van der Waals surface area contributed by atoms with Gasteiger partial charge in [-0.1, -0.05) is 12.1 Å². The van der Waals surface area contributed by atoms with Gasteiger partial charge in [-0.15, -0.1) is 0 Å². The Hall–Kier alpha value is -1.71. The molecule has 1 aromatic rings. The average Bonchev–Trinajstić information content (AvgIpc) is 2.20. The molecule has 0 saturated heterocycles. The minimum absolute atomic E-state index is 0.0740. The highest BCUT2D eigenvalue weighted by Crippen LogP contribution is 2.22. The summed E-state index contributed by atoms with van der Waals surface area (Å²) in [6.45, 7) is 3.71. The first kappa shape index (κ1) is 10.4. The van der Waals surface area contributed by atoms with E-state index in [0.29, 0.717) is 11.1 Å². The van der Waals surface area contributed by atoms with Gasteiger partial charge in [0.2, 0.25) is 0 Å². The molecule has 0 aliphatic rings. The van der Waals surface area contributed by atoms with Crippen LogP contribution >= 0.6 is 0 Å². The zero-order valence-electron chi connectivity index (χ0n) is 8.28. The largest absolute Gasteiger partial charge is 0.508 e. The minimum Gasteiger partial charge on any atom is -0.508 e. The van der Waals surface area contributed by atoms with Crippen molar-refractivity contribution in [1.29, 1.82) is 0 Å². The summed E-state index contributed by atoms with van der Waals surface area (Å²) in [4.78, 5) is 0. The predicted octanol–water partition coefficient (Wildman–Crippen LogP) is 1.36. The van der Waals surface area contributed by atoms with Crippen molar-refractivity contribution in [2.75, 3.05) is 0 Å². The van der Waals surface area contributed by atoms with Gasteiger partial charge in [-0.05, 0) is 36.6 Å². The fourth-order valence-electron chi connectivity index (χ4n) is 1.32. The molecule has 1 rings (SSSR count). The predicted molar refractivity (Wildman–Crippen MR) is 54.7 cm³/mol. The second-order valence-electron chi connectivity index (χ2n) is 3.13. The maximum Gasteiger partial charge on any atom is 0.170 e. The van der Waals surface area contributed by atoms with Gasteiger partial charge in [-0.25, -0.2) is 0 Å². The fraction of sp³-hybridized carbons (Fsp3) is 0.300. The number of nitrogens with zero attached hydrogens (tertiary/aromatic N) is 1. The van der Waals surface area contributed by atoms with E-state index in [9.17, 15) is 5.11 Å². The molecule has 0 heterocycles. The van der Waals surface area contributed by atoms with Gasteiger partial charge >= 0.3 is 0 Å². The Morgan fingerprint density at radius 3 is 2.64 bits per heavy atom. The van der Waals surface area contributed by atoms with E-state index in [1.165, 1.54) is 0 Å². The Morgan fingerprint density at radius 1 is 1.50 bits per heavy atom. The third-order valence-corrected chi connectivity index (χ3v) is 2.19. The van der Waals surface area contributed by atoms with Crippen molar-refractivity contribution in [2.45, 2.75) is 20.3 Å². The van der Waals surface area contributed by atoms with Gasteiger partial charge in [0, 0.05) is 5.56 Å². The standard InChI is InChI=1S/C10H14N2O2/c1-3-7-5-9(13)6(2)4-8(7)10(11)12-14/h4-5,13-14H,3H2,1-2H3,(H2,11,12). The van der Waals surface area contributed by atoms with Crippen LogP contribution in [0.2, 0.25) is 0 Å². The number of aryl methyl sites for hydroxylation is 2. The molecule has 0 aliphatic carbocycles. The summed E-state index contributed by atoms with van der Waals surface area (Å²) in [7, 11) is 0. The summed E-state index contributed by atoms with van der Waals surface area (Å²) in [5.74, 6) is 0.307. The molecule has 0 unspecified atom stereocenters. The molecule has 4 N–H and O–H groups in total. The SMILES string of the molecule is CCc1cc(O)c(C)cc1/C(N)=N/O. The van der Waals surface area contributed by atoms with Gasteiger partial charge in [-0.3, -0.25) is 0 Å². The van der Waals surface area contributed by atoms with Crippen molar-refractivity contribution in [3.05, 3.63) is 28.8 Å². The number of hydrogen-bond donors (Lipinski definition) is 3. The maximum atomic E-state index is 9.47. The summed E-state index contributed by atoms with van der Waals surface area (Å²) in [5, 5.41) is 21.0. The second kappa shape index (κ2) is 4.00. The Bertz CT molecular complexity index is 373. The lowest BCUT2D eigenvalue weighted by Gasteiger charge is -2.08. The number of oxime groups is 1. The van der Waals surface area contributed by atoms with Crippen LogP contribution in [0, 0.1) is 6.92 Å². The topological polar surface area (TPSA) is 78.8 Å². The second-order valence-corrected chi connectivity index (χ2v) is 3.13. The van der Waals surface area contributed by atoms with Crippen LogP contribution in [0.5, 0.6) is 5.75 Å². The van der Waals surface area contributed by atoms with Crippen LogP contribution < -0.4 is 5.73 Å². The van der Waals surface area contributed by atoms with Crippen LogP contribution in [0.15, 0.2) is 17.3 Å². The quantitative estimate of drug-likeness (QED) is 0.288. The lowest BCUT2D eigenvalue weighted by molar-refractivity contribution is 0.318. The molecule has 0 spiro atoms. The number of rotatable bonds is 2. The summed E-state index contributed by atoms with van der Waals surface area (Å²) in [6, 6.07) is 3.35. The molecule has 0 bridgehead atoms. The third kappa shape index (κ3) is 1.79. The average molecular weight is 194 g/mol. The first-order valence-corrected chi connectivity index (χ1v) is 4.40. The van der Waals surface area contributed by atoms with Crippen LogP contribution in [0.25, 0.3) is 0 Å². The number of phenols is 1. The highest BCUT2D eigenvalue weighted by molar-refractivity contribution is 5.98. The molecule has 0 amide bonds. The first-order valence-electron chi connectivity index (χ1n) is 4.40. The third-order valence-electron chi connectivity index (χ3n) is 2.19. The van der Waals surface area contributed by atoms with Crippen LogP contribution in [-0.4, -0.2) is 16.1 Å². The summed E-state index contributed by atoms with van der Waals surface area (Å²) in [5.41, 5.74) is 7.76. The van der Waals surface area contributed by atoms with E-state index in [-0.39, 0.29) is 11.6 Å². The van der Waals surface area contributed by atoms with Crippen LogP contribution in [-0.2, 0) is 6.42 Å². The molecule has 0 atom stereocenters. The summed E-state index contributed by atoms with van der Waals surface area (Å²) in [6.07, 6.45) is 0.722. The van der Waals surface area contributed by atoms with E-state index < -0.39 is 0 Å². The molecule has 0 saturated carbocycles. The van der Waals surface area contributed by atoms with Crippen molar-refractivity contribution in [3.63, 3.8) is 0 Å². The van der Waals surface area contributed by atoms with E-state index in [0.717, 1.165) is 12.0 Å². The fourth-order valence-corrected chi connectivity index (χ4v) is 1.32. The van der Waals surface area contributed by atoms with Crippen molar-refractivity contribution in [3.8, 4) is 5.75 Å². The molecule has 0 fully saturated rings. The highest BCUT2D eigenvalue weighted by Gasteiger charge is 2.08. The van der Waals surface area contributed by atoms with E-state index in [1.54, 1.807) is 19.1 Å². The number of hydrogen-bond acceptors (Lipinski definition) is 3. The molecule has 14 heavy (non-hydrogen) atoms. The highest BCUT2D eigenvalue weighted by atomic mass is 16.4. The normalized spacial score (nSPS) is 11.7. The lowest BCUT2D eigenvalue weighted by atomic mass is 10.0. The Balaban J connectivity index is 3.34. The molecule has 76 valence electrons. The maximum absolute atomic E-state index is 9.47. The number of amidine groups is 1. The van der Waals surface area contributed by atoms with Crippen LogP contribution in [0.1, 0.15) is 23.6 Å². The van der Waals surface area contributed by atoms with E-state index in [4.69, 9.17) is 10.9 Å². The van der Waals surface area contributed by atoms with Crippen LogP contribution in [0.3, 0.4) is 0 Å². The van der Waals surface area contributed by atoms with Crippen molar-refractivity contribution >= 4 is 5.84 Å². The molecule has 4 nitrogen and oxygen atoms in total. The molecule has 1 aromatic carbocycles. The van der Waals surface area contributed by atoms with Gasteiger partial charge in [0.15, 0.2) is 5.84 Å². The van der Waals surface area contributed by atoms with Crippen molar-refractivity contribution in [2.24, 2.45) is 10.9 Å². The van der Waals surface area contributed by atoms with Gasteiger partial charge in [0.1, 0.15) is 5.75 Å². The Labute approximate surface area is 82.7 Å². The summed E-state index contributed by atoms with van der Waals surface area (Å²) >= 11 is 0. The number of phenolic OH excluding ortho intramolecular Hbond substituents is 1. The summed E-state index contributed by atoms with van der Waals surface area (Å²) < 4.78 is 0. The molecular formula is C10H14N2O2. The number of benzene rings is 1. The molecule has 0 aliphatic heterocycles. The van der Waals surface area contributed by atoms with Crippen molar-refractivity contribution in [1.82, 2.24) is 0 Å². The van der Waals surface area contributed by atoms with E-state index in [2.05, 4.69) is 5.16 Å². The Kier molecular flexibility index (Phi) is 2.96. The first-order chi connectivity index (χ1) is 6.60. The molecular weight excluding hydrogens is 180 g/mol. The zero-order chi connectivity index (χ0) is 10.7. The van der Waals surface area contributed by atoms with Crippen LogP contribution in [0.4, 0.5) is 0 Å². The van der Waals surface area contributed by atoms with Gasteiger partial charge < -0.3 is 16.0 Å². The van der Waals surface area contributed by atoms with Gasteiger partial charge in [-0.2, -0.15) is 0 Å². The van der Waals surface area contributed by atoms with Crippen molar-refractivity contribution < 1.29 is 10.3 Å². The minimum atomic E-state index is 0.0740. The van der Waals surface area contributed by atoms with Gasteiger partial charge in [0.25, 0.3) is 0 Å². The van der Waals surface area contributed by atoms with E-state index >= 15 is 0 Å². The number of aromatic hydroxyl groups is 1. The lowest BCUT2D eigenvalue weighted by Crippen LogP contribution is -2.15. The van der Waals surface area contributed by atoms with E-state index in [1.807, 2.05) is 6.92 Å². The molecule has 0 radical (unpaired) electrons. The molecule has 0 aromatic heterocycles.